The zero-order valence-electron chi connectivity index (χ0n) is 15.3. The first-order valence-electron chi connectivity index (χ1n) is 8.65. The average molecular weight is 456 g/mol. The molecule has 0 aromatic rings. The van der Waals surface area contributed by atoms with Crippen LogP contribution in [0.2, 0.25) is 0 Å². The SMILES string of the molecule is CC1=C[C@H]2O[C@@H]3[C@H](OS(=O)(=O)O)C[C@](C)([C@@]2(COS(=O)(=O)O)[C@H](O)C1=O)[C@]31CO1. The lowest BCUT2D eigenvalue weighted by Crippen LogP contribution is -2.70. The van der Waals surface area contributed by atoms with Crippen LogP contribution in [0.3, 0.4) is 0 Å². The van der Waals surface area contributed by atoms with Gasteiger partial charge in [-0.05, 0) is 25.0 Å². The van der Waals surface area contributed by atoms with Crippen molar-refractivity contribution in [2.24, 2.45) is 10.8 Å². The third-order valence-corrected chi connectivity index (χ3v) is 7.75. The Labute approximate surface area is 166 Å². The predicted molar refractivity (Wildman–Crippen MR) is 91.2 cm³/mol. The summed E-state index contributed by atoms with van der Waals surface area (Å²) in [5.41, 5.74) is -4.07. The lowest BCUT2D eigenvalue weighted by Gasteiger charge is -2.58. The van der Waals surface area contributed by atoms with Gasteiger partial charge < -0.3 is 14.6 Å². The molecule has 3 fully saturated rings. The smallest absolute Gasteiger partial charge is 0.384 e. The van der Waals surface area contributed by atoms with Crippen LogP contribution in [0.1, 0.15) is 20.3 Å². The normalized spacial score (nSPS) is 46.5. The van der Waals surface area contributed by atoms with Gasteiger partial charge in [-0.1, -0.05) is 6.92 Å². The fourth-order valence-electron chi connectivity index (χ4n) is 5.37. The number of rotatable bonds is 5. The highest BCUT2D eigenvalue weighted by molar-refractivity contribution is 7.81. The van der Waals surface area contributed by atoms with Gasteiger partial charge in [0, 0.05) is 5.41 Å². The summed E-state index contributed by atoms with van der Waals surface area (Å²) < 4.78 is 84.4. The quantitative estimate of drug-likeness (QED) is 0.332. The van der Waals surface area contributed by atoms with Crippen LogP contribution >= 0.6 is 0 Å². The van der Waals surface area contributed by atoms with Gasteiger partial charge in [0.15, 0.2) is 5.78 Å². The standard InChI is InChI=1S/C15H20O12S2/c1-7-3-9-14(11(17)10(7)16,5-25-28(18,19)20)13(2)4-8(27-29(21,22)23)12(26-9)15(13)6-24-15/h3,8-9,11-12,17H,4-6H2,1-2H3,(H,18,19,20)(H,21,22,23)/t8-,9-,11-,12-,13-,14-,15+/m1/s1. The van der Waals surface area contributed by atoms with Gasteiger partial charge in [-0.15, -0.1) is 0 Å². The third kappa shape index (κ3) is 2.85. The monoisotopic (exact) mass is 456 g/mol. The van der Waals surface area contributed by atoms with Gasteiger partial charge in [-0.3, -0.25) is 13.9 Å². The van der Waals surface area contributed by atoms with Crippen molar-refractivity contribution in [3.63, 3.8) is 0 Å². The predicted octanol–water partition coefficient (Wildman–Crippen LogP) is -1.18. The van der Waals surface area contributed by atoms with Crippen LogP contribution in [0.15, 0.2) is 11.6 Å². The molecule has 12 nitrogen and oxygen atoms in total. The summed E-state index contributed by atoms with van der Waals surface area (Å²) in [4.78, 5) is 12.6. The summed E-state index contributed by atoms with van der Waals surface area (Å²) in [7, 11) is -9.81. The van der Waals surface area contributed by atoms with Crippen molar-refractivity contribution < 1.29 is 53.7 Å². The number of hydrogen-bond donors (Lipinski definition) is 3. The van der Waals surface area contributed by atoms with E-state index < -0.39 is 74.0 Å². The summed E-state index contributed by atoms with van der Waals surface area (Å²) in [6.45, 7) is 2.24. The van der Waals surface area contributed by atoms with E-state index in [0.29, 0.717) is 0 Å². The van der Waals surface area contributed by atoms with Gasteiger partial charge in [0.05, 0.1) is 24.7 Å². The van der Waals surface area contributed by atoms with Crippen LogP contribution in [-0.2, 0) is 43.4 Å². The molecule has 4 rings (SSSR count). The maximum Gasteiger partial charge on any atom is 0.397 e. The van der Waals surface area contributed by atoms with Crippen LogP contribution in [0, 0.1) is 10.8 Å². The Morgan fingerprint density at radius 1 is 1.24 bits per heavy atom. The molecule has 3 N–H and O–H groups in total. The van der Waals surface area contributed by atoms with E-state index >= 15 is 0 Å². The molecule has 164 valence electrons. The van der Waals surface area contributed by atoms with Gasteiger partial charge >= 0.3 is 20.8 Å². The van der Waals surface area contributed by atoms with Gasteiger partial charge in [0.25, 0.3) is 0 Å². The van der Waals surface area contributed by atoms with Crippen molar-refractivity contribution in [2.45, 2.75) is 50.3 Å². The molecule has 0 aromatic heterocycles. The average Bonchev–Trinajstić information content (AvgIpc) is 3.32. The van der Waals surface area contributed by atoms with Gasteiger partial charge in [-0.2, -0.15) is 16.8 Å². The Morgan fingerprint density at radius 2 is 1.86 bits per heavy atom. The van der Waals surface area contributed by atoms with Gasteiger partial charge in [0.1, 0.15) is 23.9 Å². The van der Waals surface area contributed by atoms with E-state index in [1.54, 1.807) is 6.92 Å². The molecule has 2 aliphatic carbocycles. The highest BCUT2D eigenvalue weighted by Gasteiger charge is 2.84. The zero-order chi connectivity index (χ0) is 21.6. The highest BCUT2D eigenvalue weighted by Crippen LogP contribution is 2.71. The Kier molecular flexibility index (Phi) is 4.44. The largest absolute Gasteiger partial charge is 0.397 e. The van der Waals surface area contributed by atoms with Crippen LogP contribution in [0.5, 0.6) is 0 Å². The van der Waals surface area contributed by atoms with E-state index in [2.05, 4.69) is 4.18 Å². The number of fused-ring (bicyclic) bond motifs is 2. The van der Waals surface area contributed by atoms with E-state index in [0.717, 1.165) is 0 Å². The zero-order valence-corrected chi connectivity index (χ0v) is 17.0. The van der Waals surface area contributed by atoms with Crippen molar-refractivity contribution in [3.05, 3.63) is 11.6 Å². The topological polar surface area (TPSA) is 186 Å². The molecule has 0 radical (unpaired) electrons. The molecule has 14 heteroatoms. The number of Topliss-reactive ketones (excluding diaryl/α,β-unsaturated/α-hetero) is 1. The first-order chi connectivity index (χ1) is 13.2. The van der Waals surface area contributed by atoms with E-state index in [-0.39, 0.29) is 18.6 Å². The summed E-state index contributed by atoms with van der Waals surface area (Å²) in [5, 5.41) is 11.0. The van der Waals surface area contributed by atoms with Gasteiger partial charge in [-0.25, -0.2) is 8.37 Å². The number of ether oxygens (including phenoxy) is 2. The summed E-state index contributed by atoms with van der Waals surface area (Å²) in [6.07, 6.45) is -3.87. The second kappa shape index (κ2) is 6.05. The van der Waals surface area contributed by atoms with Crippen LogP contribution in [-0.4, -0.2) is 80.1 Å². The van der Waals surface area contributed by atoms with Crippen molar-refractivity contribution in [2.75, 3.05) is 13.2 Å². The minimum atomic E-state index is -4.94. The molecular weight excluding hydrogens is 436 g/mol. The first-order valence-corrected chi connectivity index (χ1v) is 11.4. The van der Waals surface area contributed by atoms with Crippen LogP contribution < -0.4 is 0 Å². The minimum absolute atomic E-state index is 0.0590. The van der Waals surface area contributed by atoms with E-state index in [4.69, 9.17) is 22.8 Å². The molecule has 2 heterocycles. The number of aliphatic hydroxyl groups is 1. The highest BCUT2D eigenvalue weighted by atomic mass is 32.3. The van der Waals surface area contributed by atoms with Gasteiger partial charge in [0.2, 0.25) is 0 Å². The number of hydrogen-bond acceptors (Lipinski definition) is 10. The van der Waals surface area contributed by atoms with Crippen molar-refractivity contribution >= 4 is 26.6 Å². The fraction of sp³-hybridized carbons (Fsp3) is 0.800. The fourth-order valence-corrected chi connectivity index (χ4v) is 6.19. The molecular formula is C15H20O12S2. The maximum absolute atomic E-state index is 12.6. The van der Waals surface area contributed by atoms with E-state index in [9.17, 15) is 26.7 Å². The van der Waals surface area contributed by atoms with Crippen LogP contribution in [0.25, 0.3) is 0 Å². The summed E-state index contributed by atoms with van der Waals surface area (Å²) in [6, 6.07) is 0. The number of carbonyl (C=O) groups excluding carboxylic acids is 1. The molecule has 1 spiro atoms. The number of carbonyl (C=O) groups is 1. The Hall–Kier alpha value is -0.970. The van der Waals surface area contributed by atoms with E-state index in [1.807, 2.05) is 0 Å². The molecule has 0 unspecified atom stereocenters. The molecule has 7 atom stereocenters. The van der Waals surface area contributed by atoms with Crippen molar-refractivity contribution in [1.29, 1.82) is 0 Å². The first kappa shape index (κ1) is 21.3. The Bertz CT molecular complexity index is 996. The lowest BCUT2D eigenvalue weighted by atomic mass is 9.50. The molecule has 29 heavy (non-hydrogen) atoms. The molecule has 2 saturated heterocycles. The molecule has 0 amide bonds. The molecule has 2 aliphatic heterocycles. The summed E-state index contributed by atoms with van der Waals surface area (Å²) >= 11 is 0. The molecule has 4 aliphatic rings. The Morgan fingerprint density at radius 3 is 2.38 bits per heavy atom. The van der Waals surface area contributed by atoms with Crippen molar-refractivity contribution in [3.8, 4) is 0 Å². The Balaban J connectivity index is 1.87. The second-order valence-electron chi connectivity index (χ2n) is 8.10. The number of aliphatic hydroxyl groups excluding tert-OH is 1. The van der Waals surface area contributed by atoms with Crippen LogP contribution in [0.4, 0.5) is 0 Å². The number of epoxide rings is 1. The molecule has 0 aromatic carbocycles. The number of ketones is 1. The van der Waals surface area contributed by atoms with Crippen molar-refractivity contribution in [1.82, 2.24) is 0 Å². The molecule has 2 bridgehead atoms. The minimum Gasteiger partial charge on any atom is -0.384 e. The second-order valence-corrected chi connectivity index (χ2v) is 10.2. The summed E-state index contributed by atoms with van der Waals surface area (Å²) in [5.74, 6) is -0.696. The maximum atomic E-state index is 12.6. The lowest BCUT2D eigenvalue weighted by molar-refractivity contribution is -0.241. The molecule has 1 saturated carbocycles. The third-order valence-electron chi connectivity index (χ3n) is 6.84. The van der Waals surface area contributed by atoms with E-state index in [1.165, 1.54) is 13.0 Å².